The largest absolute Gasteiger partial charge is 0.423 e. The summed E-state index contributed by atoms with van der Waals surface area (Å²) in [6.07, 6.45) is 0. The van der Waals surface area contributed by atoms with Gasteiger partial charge in [-0.2, -0.15) is 4.98 Å². The first-order valence-electron chi connectivity index (χ1n) is 13.2. The van der Waals surface area contributed by atoms with Crippen molar-refractivity contribution in [3.63, 3.8) is 0 Å². The molecule has 0 saturated heterocycles. The molecular formula is C35H21N3O. The van der Waals surface area contributed by atoms with Crippen LogP contribution >= 0.6 is 0 Å². The van der Waals surface area contributed by atoms with E-state index < -0.39 is 0 Å². The maximum absolute atomic E-state index is 6.31. The second kappa shape index (κ2) is 7.59. The van der Waals surface area contributed by atoms with E-state index in [0.717, 1.165) is 27.8 Å². The van der Waals surface area contributed by atoms with Crippen molar-refractivity contribution < 1.29 is 4.42 Å². The normalized spacial score (nSPS) is 12.1. The van der Waals surface area contributed by atoms with E-state index in [4.69, 9.17) is 9.40 Å². The highest BCUT2D eigenvalue weighted by molar-refractivity contribution is 6.24. The van der Waals surface area contributed by atoms with Gasteiger partial charge >= 0.3 is 6.01 Å². The minimum absolute atomic E-state index is 0.584. The summed E-state index contributed by atoms with van der Waals surface area (Å²) in [6, 6.07) is 45.5. The van der Waals surface area contributed by atoms with Crippen molar-refractivity contribution in [3.05, 3.63) is 127 Å². The van der Waals surface area contributed by atoms with Crippen LogP contribution < -0.4 is 0 Å². The molecule has 182 valence electrons. The van der Waals surface area contributed by atoms with E-state index in [1.54, 1.807) is 0 Å². The molecule has 0 saturated carbocycles. The maximum Gasteiger partial charge on any atom is 0.307 e. The van der Waals surface area contributed by atoms with Crippen molar-refractivity contribution in [1.82, 2.24) is 14.1 Å². The average molecular weight is 500 g/mol. The Kier molecular flexibility index (Phi) is 4.02. The van der Waals surface area contributed by atoms with Crippen LogP contribution in [0.5, 0.6) is 0 Å². The van der Waals surface area contributed by atoms with Crippen LogP contribution in [-0.2, 0) is 0 Å². The third kappa shape index (κ3) is 2.80. The molecule has 6 aromatic carbocycles. The fraction of sp³-hybridized carbons (Fsp3) is 0. The summed E-state index contributed by atoms with van der Waals surface area (Å²) in [4.78, 5) is 4.88. The van der Waals surface area contributed by atoms with Crippen LogP contribution in [0.15, 0.2) is 132 Å². The second-order valence-corrected chi connectivity index (χ2v) is 10.1. The highest BCUT2D eigenvalue weighted by Gasteiger charge is 2.20. The zero-order valence-electron chi connectivity index (χ0n) is 20.9. The lowest BCUT2D eigenvalue weighted by Gasteiger charge is -2.08. The molecule has 3 heterocycles. The van der Waals surface area contributed by atoms with Gasteiger partial charge in [-0.1, -0.05) is 72.8 Å². The molecule has 0 aliphatic rings. The Balaban J connectivity index is 1.46. The van der Waals surface area contributed by atoms with E-state index in [0.29, 0.717) is 6.01 Å². The molecule has 0 aliphatic heterocycles. The van der Waals surface area contributed by atoms with Gasteiger partial charge in [0.05, 0.1) is 22.1 Å². The van der Waals surface area contributed by atoms with Crippen LogP contribution in [0.4, 0.5) is 0 Å². The predicted octanol–water partition coefficient (Wildman–Crippen LogP) is 9.18. The lowest BCUT2D eigenvalue weighted by molar-refractivity contribution is 0.574. The molecule has 0 aliphatic carbocycles. The van der Waals surface area contributed by atoms with Gasteiger partial charge in [-0.15, -0.1) is 0 Å². The summed E-state index contributed by atoms with van der Waals surface area (Å²) in [5, 5.41) is 7.29. The average Bonchev–Trinajstić information content (AvgIpc) is 3.66. The molecule has 0 bridgehead atoms. The molecule has 4 heteroatoms. The van der Waals surface area contributed by atoms with Gasteiger partial charge in [-0.25, -0.2) is 0 Å². The van der Waals surface area contributed by atoms with Crippen molar-refractivity contribution in [3.8, 4) is 11.7 Å². The van der Waals surface area contributed by atoms with Crippen molar-refractivity contribution in [1.29, 1.82) is 0 Å². The summed E-state index contributed by atoms with van der Waals surface area (Å²) < 4.78 is 10.8. The fourth-order valence-corrected chi connectivity index (χ4v) is 6.27. The lowest BCUT2D eigenvalue weighted by atomic mass is 10.0. The SMILES string of the molecule is c1ccc(-n2c3ccccc3c3c4cc5c(cc4ccc32)c2ccccc2n5-c2nc3ccccc3o2)cc1. The highest BCUT2D eigenvalue weighted by atomic mass is 16.4. The molecule has 39 heavy (non-hydrogen) atoms. The molecule has 0 unspecified atom stereocenters. The number of oxazole rings is 1. The Hall–Kier alpha value is -5.35. The summed E-state index contributed by atoms with van der Waals surface area (Å²) in [7, 11) is 0. The first-order chi connectivity index (χ1) is 19.3. The number of benzene rings is 6. The van der Waals surface area contributed by atoms with Gasteiger partial charge < -0.3 is 8.98 Å². The minimum atomic E-state index is 0.584. The van der Waals surface area contributed by atoms with Crippen molar-refractivity contribution in [2.75, 3.05) is 0 Å². The van der Waals surface area contributed by atoms with E-state index in [2.05, 4.69) is 112 Å². The Labute approximate surface area is 222 Å². The summed E-state index contributed by atoms with van der Waals surface area (Å²) in [5.41, 5.74) is 7.35. The number of aromatic nitrogens is 3. The van der Waals surface area contributed by atoms with Crippen LogP contribution in [0, 0.1) is 0 Å². The van der Waals surface area contributed by atoms with Gasteiger partial charge in [0.25, 0.3) is 0 Å². The topological polar surface area (TPSA) is 35.9 Å². The molecule has 0 atom stereocenters. The summed E-state index contributed by atoms with van der Waals surface area (Å²) >= 11 is 0. The van der Waals surface area contributed by atoms with E-state index in [9.17, 15) is 0 Å². The highest BCUT2D eigenvalue weighted by Crippen LogP contribution is 2.41. The van der Waals surface area contributed by atoms with Crippen LogP contribution in [-0.4, -0.2) is 14.1 Å². The first-order valence-corrected chi connectivity index (χ1v) is 13.2. The first kappa shape index (κ1) is 20.7. The predicted molar refractivity (Wildman–Crippen MR) is 160 cm³/mol. The molecule has 4 nitrogen and oxygen atoms in total. The Morgan fingerprint density at radius 2 is 1.21 bits per heavy atom. The van der Waals surface area contributed by atoms with Crippen molar-refractivity contribution in [2.24, 2.45) is 0 Å². The van der Waals surface area contributed by atoms with Crippen LogP contribution in [0.3, 0.4) is 0 Å². The van der Waals surface area contributed by atoms with Crippen molar-refractivity contribution in [2.45, 2.75) is 0 Å². The smallest absolute Gasteiger partial charge is 0.307 e. The third-order valence-electron chi connectivity index (χ3n) is 7.93. The Morgan fingerprint density at radius 1 is 0.487 bits per heavy atom. The van der Waals surface area contributed by atoms with Gasteiger partial charge in [-0.05, 0) is 65.4 Å². The van der Waals surface area contributed by atoms with E-state index in [1.165, 1.54) is 43.4 Å². The van der Waals surface area contributed by atoms with E-state index >= 15 is 0 Å². The second-order valence-electron chi connectivity index (χ2n) is 10.1. The van der Waals surface area contributed by atoms with Crippen LogP contribution in [0.1, 0.15) is 0 Å². The Bertz CT molecular complexity index is 2360. The molecule has 0 amide bonds. The van der Waals surface area contributed by atoms with Gasteiger partial charge in [-0.3, -0.25) is 4.57 Å². The fourth-order valence-electron chi connectivity index (χ4n) is 6.27. The summed E-state index contributed by atoms with van der Waals surface area (Å²) in [6.45, 7) is 0. The van der Waals surface area contributed by atoms with Gasteiger partial charge in [0.1, 0.15) is 5.52 Å². The zero-order chi connectivity index (χ0) is 25.5. The number of hydrogen-bond acceptors (Lipinski definition) is 2. The molecule has 0 spiro atoms. The Morgan fingerprint density at radius 3 is 2.05 bits per heavy atom. The molecule has 0 N–H and O–H groups in total. The van der Waals surface area contributed by atoms with Gasteiger partial charge in [0.15, 0.2) is 5.58 Å². The number of fused-ring (bicyclic) bond motifs is 9. The number of para-hydroxylation sites is 5. The van der Waals surface area contributed by atoms with E-state index in [-0.39, 0.29) is 0 Å². The maximum atomic E-state index is 6.31. The lowest BCUT2D eigenvalue weighted by Crippen LogP contribution is -1.94. The molecule has 9 rings (SSSR count). The minimum Gasteiger partial charge on any atom is -0.423 e. The van der Waals surface area contributed by atoms with E-state index in [1.807, 2.05) is 24.3 Å². The summed E-state index contributed by atoms with van der Waals surface area (Å²) in [5.74, 6) is 0. The standard InChI is InChI=1S/C35H21N3O/c1-2-10-23(11-3-1)37-30-16-8-5-13-25(30)34-26-21-32-27(20-22(26)18-19-31(34)37)24-12-4-7-15-29(24)38(32)35-36-28-14-6-9-17-33(28)39-35/h1-21H. The molecule has 9 aromatic rings. The number of hydrogen-bond donors (Lipinski definition) is 0. The molecule has 0 radical (unpaired) electrons. The zero-order valence-corrected chi connectivity index (χ0v) is 20.9. The van der Waals surface area contributed by atoms with Gasteiger partial charge in [0.2, 0.25) is 0 Å². The number of rotatable bonds is 2. The van der Waals surface area contributed by atoms with Gasteiger partial charge in [0, 0.05) is 27.2 Å². The quantitative estimate of drug-likeness (QED) is 0.238. The molecule has 3 aromatic heterocycles. The number of nitrogens with zero attached hydrogens (tertiary/aromatic N) is 3. The van der Waals surface area contributed by atoms with Crippen molar-refractivity contribution >= 4 is 65.5 Å². The molecular weight excluding hydrogens is 478 g/mol. The molecule has 0 fully saturated rings. The van der Waals surface area contributed by atoms with Crippen LogP contribution in [0.2, 0.25) is 0 Å². The third-order valence-corrected chi connectivity index (χ3v) is 7.93. The monoisotopic (exact) mass is 499 g/mol. The van der Waals surface area contributed by atoms with Crippen LogP contribution in [0.25, 0.3) is 77.2 Å².